The molecular weight excluding hydrogens is 382 g/mol. The van der Waals surface area contributed by atoms with E-state index in [1.54, 1.807) is 12.2 Å². The fraction of sp³-hybridized carbons (Fsp3) is 0.467. The van der Waals surface area contributed by atoms with Gasteiger partial charge in [-0.25, -0.2) is 0 Å². The molecule has 0 aliphatic carbocycles. The number of alkyl halides is 3. The van der Waals surface area contributed by atoms with Crippen LogP contribution in [-0.4, -0.2) is 36.6 Å². The van der Waals surface area contributed by atoms with Crippen LogP contribution in [0.3, 0.4) is 0 Å². The summed E-state index contributed by atoms with van der Waals surface area (Å²) in [4.78, 5) is 25.9. The summed E-state index contributed by atoms with van der Waals surface area (Å²) in [6.45, 7) is 0.204. The molecule has 0 bridgehead atoms. The van der Waals surface area contributed by atoms with Gasteiger partial charge >= 0.3 is 6.18 Å². The van der Waals surface area contributed by atoms with Crippen molar-refractivity contribution in [2.45, 2.75) is 38.0 Å². The monoisotopic (exact) mass is 397 g/mol. The lowest BCUT2D eigenvalue weighted by molar-refractivity contribution is -0.139. The third kappa shape index (κ3) is 4.37. The molecule has 1 aliphatic rings. The number of hydrogen-bond donors (Lipinski definition) is 2. The van der Waals surface area contributed by atoms with Gasteiger partial charge in [-0.1, -0.05) is 30.1 Å². The van der Waals surface area contributed by atoms with E-state index >= 15 is 0 Å². The number of amides is 2. The van der Waals surface area contributed by atoms with Crippen molar-refractivity contribution in [1.29, 1.82) is 0 Å². The highest BCUT2D eigenvalue weighted by atomic mass is 35.5. The molecule has 10 heteroatoms. The Morgan fingerprint density at radius 2 is 1.96 bits per heavy atom. The van der Waals surface area contributed by atoms with E-state index in [0.717, 1.165) is 4.90 Å². The summed E-state index contributed by atoms with van der Waals surface area (Å²) in [5, 5.41) is 2.20. The molecule has 1 heterocycles. The molecule has 25 heavy (non-hydrogen) atoms. The number of nitrogens with one attached hydrogen (secondary N) is 1. The topological polar surface area (TPSA) is 75.4 Å². The summed E-state index contributed by atoms with van der Waals surface area (Å²) >= 11 is 11.9. The molecule has 3 N–H and O–H groups in total. The second kappa shape index (κ2) is 7.39. The molecule has 2 rings (SSSR count). The number of halogens is 5. The minimum absolute atomic E-state index is 0.0259. The van der Waals surface area contributed by atoms with Gasteiger partial charge in [-0.15, -0.1) is 0 Å². The Balaban J connectivity index is 2.35. The Bertz CT molecular complexity index is 697. The van der Waals surface area contributed by atoms with E-state index in [2.05, 4.69) is 0 Å². The Morgan fingerprint density at radius 1 is 1.36 bits per heavy atom. The lowest BCUT2D eigenvalue weighted by Crippen LogP contribution is -2.53. The molecule has 138 valence electrons. The first kappa shape index (κ1) is 19.8. The average molecular weight is 398 g/mol. The zero-order valence-electron chi connectivity index (χ0n) is 13.2. The predicted octanol–water partition coefficient (Wildman–Crippen LogP) is 2.67. The van der Waals surface area contributed by atoms with Crippen LogP contribution in [0.5, 0.6) is 0 Å². The number of nitrogens with zero attached hydrogens (tertiary/aromatic N) is 1. The predicted molar refractivity (Wildman–Crippen MR) is 88.8 cm³/mol. The van der Waals surface area contributed by atoms with Crippen molar-refractivity contribution in [2.24, 2.45) is 5.73 Å². The SMILES string of the molecule is CC[C@H](N)C(=O)N1c2cc(Cl)c(Cl)cc2C[C@H]1C(=O)NCC(F)(F)F. The third-order valence-electron chi connectivity index (χ3n) is 3.87. The number of anilines is 1. The summed E-state index contributed by atoms with van der Waals surface area (Å²) in [5.41, 5.74) is 6.63. The maximum atomic E-state index is 12.6. The van der Waals surface area contributed by atoms with Gasteiger partial charge in [0.15, 0.2) is 0 Å². The maximum Gasteiger partial charge on any atom is 0.405 e. The normalized spacial score (nSPS) is 18.0. The summed E-state index contributed by atoms with van der Waals surface area (Å²) in [6, 6.07) is 0.875. The Labute approximate surface area is 152 Å². The molecule has 2 atom stereocenters. The van der Waals surface area contributed by atoms with Gasteiger partial charge < -0.3 is 11.1 Å². The van der Waals surface area contributed by atoms with E-state index in [-0.39, 0.29) is 16.5 Å². The fourth-order valence-electron chi connectivity index (χ4n) is 2.57. The molecule has 1 aromatic carbocycles. The van der Waals surface area contributed by atoms with E-state index in [1.807, 2.05) is 0 Å². The molecule has 0 unspecified atom stereocenters. The highest BCUT2D eigenvalue weighted by Crippen LogP contribution is 2.38. The van der Waals surface area contributed by atoms with Gasteiger partial charge in [0.05, 0.1) is 16.1 Å². The molecule has 0 spiro atoms. The minimum atomic E-state index is -4.55. The molecule has 0 radical (unpaired) electrons. The number of benzene rings is 1. The molecule has 5 nitrogen and oxygen atoms in total. The summed E-state index contributed by atoms with van der Waals surface area (Å²) in [7, 11) is 0. The van der Waals surface area contributed by atoms with Crippen LogP contribution in [0.4, 0.5) is 18.9 Å². The van der Waals surface area contributed by atoms with Crippen molar-refractivity contribution in [3.63, 3.8) is 0 Å². The van der Waals surface area contributed by atoms with Crippen molar-refractivity contribution in [3.8, 4) is 0 Å². The molecular formula is C15H16Cl2F3N3O2. The Hall–Kier alpha value is -1.51. The van der Waals surface area contributed by atoms with Crippen LogP contribution in [-0.2, 0) is 16.0 Å². The highest BCUT2D eigenvalue weighted by molar-refractivity contribution is 6.42. The van der Waals surface area contributed by atoms with Crippen LogP contribution in [0.15, 0.2) is 12.1 Å². The van der Waals surface area contributed by atoms with Crippen LogP contribution in [0.1, 0.15) is 18.9 Å². The van der Waals surface area contributed by atoms with Gasteiger partial charge in [-0.2, -0.15) is 13.2 Å². The Morgan fingerprint density at radius 3 is 2.52 bits per heavy atom. The highest BCUT2D eigenvalue weighted by Gasteiger charge is 2.41. The van der Waals surface area contributed by atoms with Gasteiger partial charge in [0.1, 0.15) is 12.6 Å². The number of nitrogens with two attached hydrogens (primary N) is 1. The minimum Gasteiger partial charge on any atom is -0.345 e. The van der Waals surface area contributed by atoms with E-state index < -0.39 is 36.6 Å². The van der Waals surface area contributed by atoms with Gasteiger partial charge in [0.2, 0.25) is 11.8 Å². The lowest BCUT2D eigenvalue weighted by Gasteiger charge is -2.27. The number of hydrogen-bond acceptors (Lipinski definition) is 3. The lowest BCUT2D eigenvalue weighted by atomic mass is 10.1. The van der Waals surface area contributed by atoms with E-state index in [9.17, 15) is 22.8 Å². The molecule has 0 aromatic heterocycles. The van der Waals surface area contributed by atoms with Crippen molar-refractivity contribution in [3.05, 3.63) is 27.7 Å². The van der Waals surface area contributed by atoms with E-state index in [1.165, 1.54) is 12.1 Å². The zero-order chi connectivity index (χ0) is 18.9. The van der Waals surface area contributed by atoms with Gasteiger partial charge in [0.25, 0.3) is 0 Å². The van der Waals surface area contributed by atoms with Gasteiger partial charge in [-0.05, 0) is 24.1 Å². The molecule has 1 aliphatic heterocycles. The Kier molecular flexibility index (Phi) is 5.86. The number of fused-ring (bicyclic) bond motifs is 1. The average Bonchev–Trinajstić information content (AvgIpc) is 2.89. The van der Waals surface area contributed by atoms with Crippen LogP contribution in [0, 0.1) is 0 Å². The fourth-order valence-corrected chi connectivity index (χ4v) is 2.92. The summed E-state index contributed by atoms with van der Waals surface area (Å²) < 4.78 is 37.1. The first-order valence-electron chi connectivity index (χ1n) is 7.46. The number of carbonyl (C=O) groups is 2. The van der Waals surface area contributed by atoms with Crippen molar-refractivity contribution in [2.75, 3.05) is 11.4 Å². The summed E-state index contributed by atoms with van der Waals surface area (Å²) in [6.07, 6.45) is -4.22. The molecule has 0 saturated carbocycles. The van der Waals surface area contributed by atoms with Crippen molar-refractivity contribution in [1.82, 2.24) is 5.32 Å². The van der Waals surface area contributed by atoms with Crippen LogP contribution >= 0.6 is 23.2 Å². The zero-order valence-corrected chi connectivity index (χ0v) is 14.7. The maximum absolute atomic E-state index is 12.6. The largest absolute Gasteiger partial charge is 0.405 e. The smallest absolute Gasteiger partial charge is 0.345 e. The molecule has 2 amide bonds. The third-order valence-corrected chi connectivity index (χ3v) is 4.59. The second-order valence-corrected chi connectivity index (χ2v) is 6.49. The van der Waals surface area contributed by atoms with Gasteiger partial charge in [0, 0.05) is 12.1 Å². The molecule has 0 fully saturated rings. The van der Waals surface area contributed by atoms with Gasteiger partial charge in [-0.3, -0.25) is 14.5 Å². The van der Waals surface area contributed by atoms with Crippen LogP contribution < -0.4 is 16.0 Å². The second-order valence-electron chi connectivity index (χ2n) is 5.67. The standard InChI is InChI=1S/C15H16Cl2F3N3O2/c1-2-10(21)14(25)23-11-5-9(17)8(16)3-7(11)4-12(23)13(24)22-6-15(18,19)20/h3,5,10,12H,2,4,6,21H2,1H3,(H,22,24)/t10-,12-/m0/s1. The molecule has 1 aromatic rings. The van der Waals surface area contributed by atoms with Crippen molar-refractivity contribution >= 4 is 40.7 Å². The first-order valence-corrected chi connectivity index (χ1v) is 8.21. The quantitative estimate of drug-likeness (QED) is 0.819. The van der Waals surface area contributed by atoms with E-state index in [4.69, 9.17) is 28.9 Å². The summed E-state index contributed by atoms with van der Waals surface area (Å²) in [5.74, 6) is -1.48. The molecule has 0 saturated heterocycles. The number of carbonyl (C=O) groups excluding carboxylic acids is 2. The van der Waals surface area contributed by atoms with Crippen LogP contribution in [0.2, 0.25) is 10.0 Å². The van der Waals surface area contributed by atoms with Crippen molar-refractivity contribution < 1.29 is 22.8 Å². The first-order chi connectivity index (χ1) is 11.5. The van der Waals surface area contributed by atoms with Crippen LogP contribution in [0.25, 0.3) is 0 Å². The number of rotatable bonds is 4. The van der Waals surface area contributed by atoms with E-state index in [0.29, 0.717) is 17.7 Å².